The Kier molecular flexibility index (Phi) is 7.41. The molecule has 2 aliphatic heterocycles. The number of anilines is 1. The van der Waals surface area contributed by atoms with Gasteiger partial charge >= 0.3 is 6.18 Å². The van der Waals surface area contributed by atoms with Crippen LogP contribution in [0, 0.1) is 0 Å². The molecule has 1 saturated heterocycles. The lowest BCUT2D eigenvalue weighted by atomic mass is 9.96. The Morgan fingerprint density at radius 1 is 1.14 bits per heavy atom. The fourth-order valence-electron chi connectivity index (χ4n) is 4.99. The van der Waals surface area contributed by atoms with Gasteiger partial charge in [-0.1, -0.05) is 60.1 Å². The van der Waals surface area contributed by atoms with Gasteiger partial charge in [-0.25, -0.2) is 4.68 Å². The van der Waals surface area contributed by atoms with Gasteiger partial charge in [-0.15, -0.1) is 0 Å². The molecule has 0 aliphatic carbocycles. The summed E-state index contributed by atoms with van der Waals surface area (Å²) in [6.07, 6.45) is -3.55. The number of fused-ring (bicyclic) bond motifs is 1. The average molecular weight is 534 g/mol. The standard InChI is InChI=1S/C26H27ClF3N5O2/c27-20-9-5-4-8-18(20)22(34-10-12-37-13-11-34)16-31-25(36)19-15-32-35-23(26(28,29)30)14-21(33-24(19)35)17-6-2-1-3-7-17/h1-9,15,21-23,33H,10-14,16H2,(H,31,36). The molecule has 0 bridgehead atoms. The first-order valence-corrected chi connectivity index (χ1v) is 12.5. The van der Waals surface area contributed by atoms with Crippen LogP contribution in [0.25, 0.3) is 0 Å². The quantitative estimate of drug-likeness (QED) is 0.466. The molecule has 1 amide bonds. The number of nitrogens with zero attached hydrogens (tertiary/aromatic N) is 3. The molecule has 11 heteroatoms. The highest BCUT2D eigenvalue weighted by molar-refractivity contribution is 6.31. The molecule has 3 aromatic rings. The molecular weight excluding hydrogens is 507 g/mol. The van der Waals surface area contributed by atoms with Crippen molar-refractivity contribution in [3.05, 3.63) is 82.5 Å². The predicted octanol–water partition coefficient (Wildman–Crippen LogP) is 5.00. The van der Waals surface area contributed by atoms with Crippen LogP contribution >= 0.6 is 11.6 Å². The highest BCUT2D eigenvalue weighted by Gasteiger charge is 2.47. The van der Waals surface area contributed by atoms with Crippen LogP contribution in [0.4, 0.5) is 19.0 Å². The minimum Gasteiger partial charge on any atom is -0.379 e. The summed E-state index contributed by atoms with van der Waals surface area (Å²) >= 11 is 6.48. The van der Waals surface area contributed by atoms with Crippen molar-refractivity contribution in [1.29, 1.82) is 0 Å². The summed E-state index contributed by atoms with van der Waals surface area (Å²) in [5.74, 6) is -0.450. The smallest absolute Gasteiger partial charge is 0.379 e. The lowest BCUT2D eigenvalue weighted by Gasteiger charge is -2.35. The van der Waals surface area contributed by atoms with Gasteiger partial charge in [-0.3, -0.25) is 9.69 Å². The van der Waals surface area contributed by atoms with Crippen molar-refractivity contribution < 1.29 is 22.7 Å². The van der Waals surface area contributed by atoms with Crippen LogP contribution in [0.2, 0.25) is 5.02 Å². The van der Waals surface area contributed by atoms with Crippen molar-refractivity contribution in [2.24, 2.45) is 0 Å². The van der Waals surface area contributed by atoms with Gasteiger partial charge in [0.1, 0.15) is 11.4 Å². The van der Waals surface area contributed by atoms with Gasteiger partial charge in [0.05, 0.1) is 31.5 Å². The second-order valence-electron chi connectivity index (χ2n) is 9.15. The van der Waals surface area contributed by atoms with E-state index in [0.29, 0.717) is 36.9 Å². The number of nitrogens with one attached hydrogen (secondary N) is 2. The maximum absolute atomic E-state index is 14.0. The lowest BCUT2D eigenvalue weighted by molar-refractivity contribution is -0.173. The minimum atomic E-state index is -4.52. The van der Waals surface area contributed by atoms with Crippen molar-refractivity contribution in [2.45, 2.75) is 30.7 Å². The SMILES string of the molecule is O=C(NCC(c1ccccc1Cl)N1CCOCC1)c1cnn2c1NC(c1ccccc1)CC2C(F)(F)F. The average Bonchev–Trinajstić information content (AvgIpc) is 3.34. The number of aromatic nitrogens is 2. The van der Waals surface area contributed by atoms with E-state index in [4.69, 9.17) is 16.3 Å². The van der Waals surface area contributed by atoms with Crippen LogP contribution in [-0.4, -0.2) is 59.6 Å². The summed E-state index contributed by atoms with van der Waals surface area (Å²) in [6, 6.07) is 13.7. The van der Waals surface area contributed by atoms with Crippen molar-refractivity contribution in [3.63, 3.8) is 0 Å². The van der Waals surface area contributed by atoms with Crippen LogP contribution in [0.1, 0.15) is 46.0 Å². The maximum Gasteiger partial charge on any atom is 0.410 e. The molecule has 2 aromatic carbocycles. The number of ether oxygens (including phenoxy) is 1. The van der Waals surface area contributed by atoms with Gasteiger partial charge < -0.3 is 15.4 Å². The molecule has 3 unspecified atom stereocenters. The summed E-state index contributed by atoms with van der Waals surface area (Å²) in [4.78, 5) is 15.5. The van der Waals surface area contributed by atoms with Crippen LogP contribution in [0.5, 0.6) is 0 Å². The molecule has 1 aromatic heterocycles. The number of carbonyl (C=O) groups is 1. The Labute approximate surface area is 217 Å². The second-order valence-corrected chi connectivity index (χ2v) is 9.56. The molecule has 0 radical (unpaired) electrons. The molecule has 0 spiro atoms. The number of halogens is 4. The maximum atomic E-state index is 14.0. The van der Waals surface area contributed by atoms with Crippen LogP contribution in [-0.2, 0) is 4.74 Å². The lowest BCUT2D eigenvalue weighted by Crippen LogP contribution is -2.44. The largest absolute Gasteiger partial charge is 0.410 e. The summed E-state index contributed by atoms with van der Waals surface area (Å²) in [5.41, 5.74) is 1.64. The van der Waals surface area contributed by atoms with Crippen molar-refractivity contribution in [1.82, 2.24) is 20.0 Å². The first-order valence-electron chi connectivity index (χ1n) is 12.1. The number of amides is 1. The Hall–Kier alpha value is -3.08. The van der Waals surface area contributed by atoms with E-state index < -0.39 is 24.2 Å². The zero-order valence-corrected chi connectivity index (χ0v) is 20.7. The normalized spacial score (nSPS) is 21.1. The van der Waals surface area contributed by atoms with Gasteiger partial charge in [0.2, 0.25) is 0 Å². The van der Waals surface area contributed by atoms with Crippen molar-refractivity contribution in [2.75, 3.05) is 38.2 Å². The molecule has 3 heterocycles. The Balaban J connectivity index is 1.40. The van der Waals surface area contributed by atoms with Crippen LogP contribution in [0.15, 0.2) is 60.8 Å². The summed E-state index contributed by atoms with van der Waals surface area (Å²) < 4.78 is 48.3. The van der Waals surface area contributed by atoms with E-state index in [1.165, 1.54) is 6.20 Å². The zero-order valence-electron chi connectivity index (χ0n) is 19.9. The van der Waals surface area contributed by atoms with E-state index in [1.54, 1.807) is 36.4 Å². The Morgan fingerprint density at radius 2 is 1.84 bits per heavy atom. The van der Waals surface area contributed by atoms with Crippen LogP contribution < -0.4 is 10.6 Å². The highest BCUT2D eigenvalue weighted by atomic mass is 35.5. The van der Waals surface area contributed by atoms with Gasteiger partial charge in [-0.2, -0.15) is 18.3 Å². The van der Waals surface area contributed by atoms with Gasteiger partial charge in [-0.05, 0) is 17.2 Å². The molecule has 2 N–H and O–H groups in total. The number of carbonyl (C=O) groups excluding carboxylic acids is 1. The molecule has 1 fully saturated rings. The Bertz CT molecular complexity index is 1230. The topological polar surface area (TPSA) is 71.4 Å². The molecule has 0 saturated carbocycles. The number of alkyl halides is 3. The fourth-order valence-corrected chi connectivity index (χ4v) is 5.25. The molecule has 3 atom stereocenters. The predicted molar refractivity (Wildman–Crippen MR) is 134 cm³/mol. The van der Waals surface area contributed by atoms with Crippen molar-refractivity contribution >= 4 is 23.3 Å². The third kappa shape index (κ3) is 5.46. The third-order valence-electron chi connectivity index (χ3n) is 6.89. The van der Waals surface area contributed by atoms with Gasteiger partial charge in [0, 0.05) is 31.1 Å². The van der Waals surface area contributed by atoms with E-state index in [0.717, 1.165) is 10.2 Å². The summed E-state index contributed by atoms with van der Waals surface area (Å²) in [5, 5.41) is 10.6. The van der Waals surface area contributed by atoms with E-state index in [1.807, 2.05) is 18.2 Å². The molecule has 2 aliphatic rings. The number of benzene rings is 2. The van der Waals surface area contributed by atoms with Crippen LogP contribution in [0.3, 0.4) is 0 Å². The van der Waals surface area contributed by atoms with E-state index >= 15 is 0 Å². The van der Waals surface area contributed by atoms with Gasteiger partial charge in [0.25, 0.3) is 5.91 Å². The Morgan fingerprint density at radius 3 is 2.54 bits per heavy atom. The number of hydrogen-bond donors (Lipinski definition) is 2. The molecule has 196 valence electrons. The van der Waals surface area contributed by atoms with E-state index in [-0.39, 0.29) is 30.4 Å². The van der Waals surface area contributed by atoms with E-state index in [2.05, 4.69) is 20.6 Å². The first-order chi connectivity index (χ1) is 17.8. The summed E-state index contributed by atoms with van der Waals surface area (Å²) in [7, 11) is 0. The minimum absolute atomic E-state index is 0.0561. The zero-order chi connectivity index (χ0) is 26.0. The van der Waals surface area contributed by atoms with E-state index in [9.17, 15) is 18.0 Å². The van der Waals surface area contributed by atoms with Crippen molar-refractivity contribution in [3.8, 4) is 0 Å². The number of rotatable bonds is 6. The third-order valence-corrected chi connectivity index (χ3v) is 7.24. The summed E-state index contributed by atoms with van der Waals surface area (Å²) in [6.45, 7) is 2.69. The van der Waals surface area contributed by atoms with Gasteiger partial charge in [0.15, 0.2) is 6.04 Å². The monoisotopic (exact) mass is 533 g/mol. The highest BCUT2D eigenvalue weighted by Crippen LogP contribution is 2.44. The second kappa shape index (κ2) is 10.7. The number of morpholine rings is 1. The molecular formula is C26H27ClF3N5O2. The first kappa shape index (κ1) is 25.6. The fraction of sp³-hybridized carbons (Fsp3) is 0.385. The molecule has 5 rings (SSSR count). The number of hydrogen-bond acceptors (Lipinski definition) is 5. The molecule has 7 nitrogen and oxygen atoms in total. The molecule has 37 heavy (non-hydrogen) atoms.